The van der Waals surface area contributed by atoms with Gasteiger partial charge in [0.05, 0.1) is 19.2 Å². The number of ether oxygens (including phenoxy) is 2. The van der Waals surface area contributed by atoms with Crippen LogP contribution in [0.1, 0.15) is 110 Å². The van der Waals surface area contributed by atoms with Crippen molar-refractivity contribution in [2.24, 2.45) is 11.8 Å². The number of likely N-dealkylation sites (tertiary alicyclic amines) is 1. The first-order chi connectivity index (χ1) is 28.6. The van der Waals surface area contributed by atoms with Gasteiger partial charge in [-0.15, -0.1) is 0 Å². The summed E-state index contributed by atoms with van der Waals surface area (Å²) in [6, 6.07) is 14.1. The minimum Gasteiger partial charge on any atom is -0.458 e. The second-order valence-electron chi connectivity index (χ2n) is 17.0. The summed E-state index contributed by atoms with van der Waals surface area (Å²) in [6.45, 7) is 10.6. The van der Waals surface area contributed by atoms with Gasteiger partial charge in [0.1, 0.15) is 17.7 Å². The van der Waals surface area contributed by atoms with Crippen molar-refractivity contribution < 1.29 is 43.0 Å². The Morgan fingerprint density at radius 3 is 2.13 bits per heavy atom. The molecule has 0 bridgehead atoms. The Hall–Kier alpha value is -4.92. The van der Waals surface area contributed by atoms with E-state index >= 15 is 0 Å². The Labute approximate surface area is 358 Å². The van der Waals surface area contributed by atoms with Crippen LogP contribution in [-0.4, -0.2) is 95.0 Å². The number of thioether (sulfide) groups is 1. The van der Waals surface area contributed by atoms with E-state index in [0.29, 0.717) is 24.2 Å². The predicted molar refractivity (Wildman–Crippen MR) is 229 cm³/mol. The third-order valence-electron chi connectivity index (χ3n) is 10.3. The zero-order valence-electron chi connectivity index (χ0n) is 35.8. The molecule has 1 aliphatic carbocycles. The molecule has 2 aromatic rings. The van der Waals surface area contributed by atoms with Gasteiger partial charge in [-0.3, -0.25) is 24.0 Å². The highest BCUT2D eigenvalue weighted by Crippen LogP contribution is 2.34. The third kappa shape index (κ3) is 15.0. The van der Waals surface area contributed by atoms with Gasteiger partial charge in [0.2, 0.25) is 23.5 Å². The molecule has 5 amide bonds. The first-order valence-electron chi connectivity index (χ1n) is 21.1. The highest BCUT2D eigenvalue weighted by Gasteiger charge is 2.45. The van der Waals surface area contributed by atoms with E-state index in [4.69, 9.17) is 9.47 Å². The van der Waals surface area contributed by atoms with Gasteiger partial charge in [0, 0.05) is 17.5 Å². The number of carbonyl (C=O) groups excluding carboxylic acids is 7. The molecule has 2 fully saturated rings. The van der Waals surface area contributed by atoms with Gasteiger partial charge >= 0.3 is 12.1 Å². The molecule has 4 unspecified atom stereocenters. The van der Waals surface area contributed by atoms with Crippen molar-refractivity contribution in [3.05, 3.63) is 71.8 Å². The van der Waals surface area contributed by atoms with Crippen LogP contribution in [0.2, 0.25) is 0 Å². The standard InChI is InChI=1S/C45H63N5O9S/c1-7-17-34(39(52)41(54)46-25-36(51)48-38(32-22-15-10-16-23-32)43(56)59-45(4,5)6)47-40(53)35-24-33(60-28-30-18-11-8-12-19-30)26-50(35)42(55)37(31-20-13-9-14-21-31)49-44(57)58-27-29(2)3/h8,10-12,15-16,18-19,22-23,29,31,33-35,37-38H,7,9,13-14,17,20-21,24-28H2,1-6H3,(H,46,54)(H,47,53)(H,48,51)(H,49,57)/t33-,34?,35?,37?,38?/m1/s1. The molecule has 4 N–H and O–H groups in total. The van der Waals surface area contributed by atoms with Gasteiger partial charge in [0.25, 0.3) is 5.91 Å². The molecule has 15 heteroatoms. The van der Waals surface area contributed by atoms with E-state index < -0.39 is 71.9 Å². The van der Waals surface area contributed by atoms with Crippen LogP contribution < -0.4 is 21.3 Å². The minimum atomic E-state index is -1.24. The molecule has 0 spiro atoms. The summed E-state index contributed by atoms with van der Waals surface area (Å²) in [5, 5.41) is 10.4. The Bertz CT molecular complexity index is 1760. The fourth-order valence-electron chi connectivity index (χ4n) is 7.36. The molecule has 0 aromatic heterocycles. The molecule has 0 radical (unpaired) electrons. The van der Waals surface area contributed by atoms with Crippen molar-refractivity contribution in [2.45, 2.75) is 134 Å². The van der Waals surface area contributed by atoms with Crippen LogP contribution in [-0.2, 0) is 44.0 Å². The quantitative estimate of drug-likeness (QED) is 0.105. The highest BCUT2D eigenvalue weighted by molar-refractivity contribution is 7.99. The molecule has 1 saturated heterocycles. The average Bonchev–Trinajstić information content (AvgIpc) is 3.66. The molecule has 1 heterocycles. The number of carbonyl (C=O) groups is 7. The van der Waals surface area contributed by atoms with E-state index in [2.05, 4.69) is 21.3 Å². The maximum absolute atomic E-state index is 14.6. The van der Waals surface area contributed by atoms with E-state index in [0.717, 1.165) is 37.7 Å². The van der Waals surface area contributed by atoms with Gasteiger partial charge < -0.3 is 35.6 Å². The number of benzene rings is 2. The van der Waals surface area contributed by atoms with Crippen molar-refractivity contribution in [3.8, 4) is 0 Å². The van der Waals surface area contributed by atoms with Gasteiger partial charge in [-0.05, 0) is 69.4 Å². The summed E-state index contributed by atoms with van der Waals surface area (Å²) in [4.78, 5) is 96.3. The molecular weight excluding hydrogens is 787 g/mol. The first-order valence-corrected chi connectivity index (χ1v) is 22.2. The van der Waals surface area contributed by atoms with Gasteiger partial charge in [0.15, 0.2) is 6.04 Å². The van der Waals surface area contributed by atoms with Crippen molar-refractivity contribution >= 4 is 53.2 Å². The monoisotopic (exact) mass is 849 g/mol. The van der Waals surface area contributed by atoms with Crippen molar-refractivity contribution in [2.75, 3.05) is 19.7 Å². The summed E-state index contributed by atoms with van der Waals surface area (Å²) >= 11 is 1.62. The number of ketones is 1. The lowest BCUT2D eigenvalue weighted by atomic mass is 9.83. The van der Waals surface area contributed by atoms with Crippen LogP contribution in [0.4, 0.5) is 4.79 Å². The number of rotatable bonds is 19. The van der Waals surface area contributed by atoms with Crippen molar-refractivity contribution in [1.82, 2.24) is 26.2 Å². The average molecular weight is 850 g/mol. The van der Waals surface area contributed by atoms with Crippen molar-refractivity contribution in [1.29, 1.82) is 0 Å². The molecular formula is C45H63N5O9S. The molecule has 328 valence electrons. The lowest BCUT2D eigenvalue weighted by molar-refractivity contribution is -0.158. The molecule has 2 aliphatic rings. The van der Waals surface area contributed by atoms with Crippen LogP contribution in [0.15, 0.2) is 60.7 Å². The molecule has 1 aliphatic heterocycles. The SMILES string of the molecule is CCCC(NC(=O)C1C[C@@H](SCc2ccccc2)CN1C(=O)C(NC(=O)OCC(C)C)C1CCCCC1)C(=O)C(=O)NCC(=O)NC(C(=O)OC(C)(C)C)c1ccccc1. The lowest BCUT2D eigenvalue weighted by Crippen LogP contribution is -2.58. The number of amides is 5. The molecule has 5 atom stereocenters. The van der Waals surface area contributed by atoms with Crippen LogP contribution in [0.5, 0.6) is 0 Å². The van der Waals surface area contributed by atoms with Gasteiger partial charge in [-0.2, -0.15) is 11.8 Å². The fourth-order valence-corrected chi connectivity index (χ4v) is 8.57. The summed E-state index contributed by atoms with van der Waals surface area (Å²) in [7, 11) is 0. The number of nitrogens with one attached hydrogen (secondary N) is 4. The van der Waals surface area contributed by atoms with E-state index in [-0.39, 0.29) is 42.6 Å². The number of hydrogen-bond acceptors (Lipinski definition) is 10. The lowest BCUT2D eigenvalue weighted by Gasteiger charge is -2.34. The summed E-state index contributed by atoms with van der Waals surface area (Å²) in [5.41, 5.74) is 0.741. The van der Waals surface area contributed by atoms with Crippen LogP contribution in [0.3, 0.4) is 0 Å². The topological polar surface area (TPSA) is 189 Å². The largest absolute Gasteiger partial charge is 0.458 e. The van der Waals surface area contributed by atoms with E-state index in [1.807, 2.05) is 44.2 Å². The molecule has 60 heavy (non-hydrogen) atoms. The Morgan fingerprint density at radius 1 is 0.867 bits per heavy atom. The minimum absolute atomic E-state index is 0.0998. The summed E-state index contributed by atoms with van der Waals surface area (Å²) in [6.07, 6.45) is 4.52. The van der Waals surface area contributed by atoms with Crippen LogP contribution in [0, 0.1) is 11.8 Å². The number of hydrogen-bond donors (Lipinski definition) is 4. The van der Waals surface area contributed by atoms with Gasteiger partial charge in [-0.1, -0.05) is 107 Å². The normalized spacial score (nSPS) is 18.4. The van der Waals surface area contributed by atoms with Crippen LogP contribution in [0.25, 0.3) is 0 Å². The van der Waals surface area contributed by atoms with E-state index in [1.54, 1.807) is 69.8 Å². The fraction of sp³-hybridized carbons (Fsp3) is 0.578. The van der Waals surface area contributed by atoms with Crippen LogP contribution >= 0.6 is 11.8 Å². The molecule has 1 saturated carbocycles. The highest BCUT2D eigenvalue weighted by atomic mass is 32.2. The Balaban J connectivity index is 1.48. The maximum atomic E-state index is 14.6. The maximum Gasteiger partial charge on any atom is 0.407 e. The zero-order valence-corrected chi connectivity index (χ0v) is 36.6. The zero-order chi connectivity index (χ0) is 43.8. The second-order valence-corrected chi connectivity index (χ2v) is 18.3. The molecule has 4 rings (SSSR count). The smallest absolute Gasteiger partial charge is 0.407 e. The second kappa shape index (κ2) is 23.2. The summed E-state index contributed by atoms with van der Waals surface area (Å²) in [5.74, 6) is -3.82. The summed E-state index contributed by atoms with van der Waals surface area (Å²) < 4.78 is 10.9. The third-order valence-corrected chi connectivity index (χ3v) is 11.6. The first kappa shape index (κ1) is 47.8. The molecule has 2 aromatic carbocycles. The van der Waals surface area contributed by atoms with E-state index in [1.165, 1.54) is 4.90 Å². The van der Waals surface area contributed by atoms with Gasteiger partial charge in [-0.25, -0.2) is 9.59 Å². The number of alkyl carbamates (subject to hydrolysis) is 1. The predicted octanol–water partition coefficient (Wildman–Crippen LogP) is 5.39. The number of Topliss-reactive ketones (excluding diaryl/α,β-unsaturated/α-hetero) is 1. The molecule has 14 nitrogen and oxygen atoms in total. The Morgan fingerprint density at radius 2 is 1.52 bits per heavy atom. The number of esters is 1. The number of nitrogens with zero attached hydrogens (tertiary/aromatic N) is 1. The Kier molecular flexibility index (Phi) is 18.4. The van der Waals surface area contributed by atoms with Crippen molar-refractivity contribution in [3.63, 3.8) is 0 Å². The van der Waals surface area contributed by atoms with E-state index in [9.17, 15) is 33.6 Å².